The van der Waals surface area contributed by atoms with Crippen molar-refractivity contribution < 1.29 is 4.79 Å². The lowest BCUT2D eigenvalue weighted by Crippen LogP contribution is -2.42. The highest BCUT2D eigenvalue weighted by atomic mass is 79.9. The first-order valence-corrected chi connectivity index (χ1v) is 7.45. The van der Waals surface area contributed by atoms with Crippen LogP contribution in [0.5, 0.6) is 0 Å². The van der Waals surface area contributed by atoms with Crippen LogP contribution in [0.15, 0.2) is 24.3 Å². The van der Waals surface area contributed by atoms with Gasteiger partial charge in [-0.2, -0.15) is 0 Å². The van der Waals surface area contributed by atoms with Crippen LogP contribution in [0.1, 0.15) is 25.3 Å². The van der Waals surface area contributed by atoms with Gasteiger partial charge in [0.25, 0.3) is 0 Å². The van der Waals surface area contributed by atoms with E-state index in [9.17, 15) is 4.79 Å². The molecule has 1 saturated heterocycles. The summed E-state index contributed by atoms with van der Waals surface area (Å²) in [5.74, 6) is 0. The third-order valence-corrected chi connectivity index (χ3v) is 4.21. The molecule has 1 fully saturated rings. The number of benzene rings is 1. The fourth-order valence-corrected chi connectivity index (χ4v) is 2.70. The number of rotatable bonds is 2. The van der Waals surface area contributed by atoms with Crippen molar-refractivity contribution in [2.75, 3.05) is 18.5 Å². The van der Waals surface area contributed by atoms with Crippen LogP contribution in [0.3, 0.4) is 0 Å². The SMILES string of the molecule is CC1CCCN1C(=O)N(C)c1ccc(CBr)cc1. The topological polar surface area (TPSA) is 23.6 Å². The molecule has 1 aromatic rings. The zero-order valence-electron chi connectivity index (χ0n) is 10.9. The average Bonchev–Trinajstić information content (AvgIpc) is 2.83. The molecule has 1 aliphatic heterocycles. The van der Waals surface area contributed by atoms with Gasteiger partial charge in [-0.05, 0) is 37.5 Å². The molecule has 0 spiro atoms. The van der Waals surface area contributed by atoms with E-state index in [1.807, 2.05) is 36.2 Å². The number of amides is 2. The minimum absolute atomic E-state index is 0.103. The molecule has 0 aliphatic carbocycles. The molecule has 0 saturated carbocycles. The van der Waals surface area contributed by atoms with Crippen LogP contribution < -0.4 is 4.90 Å². The smallest absolute Gasteiger partial charge is 0.322 e. The van der Waals surface area contributed by atoms with Gasteiger partial charge in [-0.3, -0.25) is 4.90 Å². The summed E-state index contributed by atoms with van der Waals surface area (Å²) in [6.07, 6.45) is 2.23. The number of likely N-dealkylation sites (tertiary alicyclic amines) is 1. The van der Waals surface area contributed by atoms with Crippen molar-refractivity contribution in [3.63, 3.8) is 0 Å². The molecule has 98 valence electrons. The number of halogens is 1. The highest BCUT2D eigenvalue weighted by Gasteiger charge is 2.27. The molecule has 1 atom stereocenters. The van der Waals surface area contributed by atoms with E-state index in [0.717, 1.165) is 30.4 Å². The van der Waals surface area contributed by atoms with Crippen molar-refractivity contribution in [3.8, 4) is 0 Å². The van der Waals surface area contributed by atoms with Crippen LogP contribution in [0, 0.1) is 0 Å². The van der Waals surface area contributed by atoms with Crippen molar-refractivity contribution in [1.29, 1.82) is 0 Å². The van der Waals surface area contributed by atoms with Gasteiger partial charge in [-0.1, -0.05) is 28.1 Å². The van der Waals surface area contributed by atoms with Crippen molar-refractivity contribution >= 4 is 27.6 Å². The second kappa shape index (κ2) is 5.74. The van der Waals surface area contributed by atoms with Crippen LogP contribution >= 0.6 is 15.9 Å². The van der Waals surface area contributed by atoms with E-state index in [1.54, 1.807) is 4.90 Å². The van der Waals surface area contributed by atoms with Crippen molar-refractivity contribution in [2.24, 2.45) is 0 Å². The number of hydrogen-bond donors (Lipinski definition) is 0. The second-order valence-corrected chi connectivity index (χ2v) is 5.39. The molecule has 0 N–H and O–H groups in total. The molecule has 1 aromatic carbocycles. The molecule has 1 unspecified atom stereocenters. The van der Waals surface area contributed by atoms with E-state index in [4.69, 9.17) is 0 Å². The molecule has 1 heterocycles. The quantitative estimate of drug-likeness (QED) is 0.765. The number of urea groups is 1. The Morgan fingerprint density at radius 3 is 2.61 bits per heavy atom. The van der Waals surface area contributed by atoms with Crippen LogP contribution in [-0.2, 0) is 5.33 Å². The summed E-state index contributed by atoms with van der Waals surface area (Å²) in [5, 5.41) is 0.841. The normalized spacial score (nSPS) is 19.1. The maximum atomic E-state index is 12.4. The number of alkyl halides is 1. The Balaban J connectivity index is 2.09. The summed E-state index contributed by atoms with van der Waals surface area (Å²) in [6.45, 7) is 3.00. The Hall–Kier alpha value is -1.03. The number of carbonyl (C=O) groups is 1. The standard InChI is InChI=1S/C14H19BrN2O/c1-11-4-3-9-17(11)14(18)16(2)13-7-5-12(10-15)6-8-13/h5-8,11H,3-4,9-10H2,1-2H3. The first-order valence-electron chi connectivity index (χ1n) is 6.32. The second-order valence-electron chi connectivity index (χ2n) is 4.83. The van der Waals surface area contributed by atoms with Gasteiger partial charge in [0.15, 0.2) is 0 Å². The van der Waals surface area contributed by atoms with Crippen LogP contribution in [0.25, 0.3) is 0 Å². The lowest BCUT2D eigenvalue weighted by atomic mass is 10.2. The molecule has 3 nitrogen and oxygen atoms in total. The van der Waals surface area contributed by atoms with Gasteiger partial charge < -0.3 is 4.90 Å². The number of nitrogens with zero attached hydrogens (tertiary/aromatic N) is 2. The lowest BCUT2D eigenvalue weighted by Gasteiger charge is -2.27. The summed E-state index contributed by atoms with van der Waals surface area (Å²) < 4.78 is 0. The first kappa shape index (κ1) is 13.4. The van der Waals surface area contributed by atoms with Gasteiger partial charge in [-0.25, -0.2) is 4.79 Å². The monoisotopic (exact) mass is 310 g/mol. The summed E-state index contributed by atoms with van der Waals surface area (Å²) >= 11 is 3.42. The van der Waals surface area contributed by atoms with E-state index in [0.29, 0.717) is 6.04 Å². The van der Waals surface area contributed by atoms with Crippen LogP contribution in [0.4, 0.5) is 10.5 Å². The molecular formula is C14H19BrN2O. The van der Waals surface area contributed by atoms with E-state index in [-0.39, 0.29) is 6.03 Å². The first-order chi connectivity index (χ1) is 8.63. The predicted octanol–water partition coefficient (Wildman–Crippen LogP) is 3.62. The third-order valence-electron chi connectivity index (χ3n) is 3.56. The Bertz CT molecular complexity index is 418. The molecule has 0 bridgehead atoms. The van der Waals surface area contributed by atoms with Gasteiger partial charge in [-0.15, -0.1) is 0 Å². The average molecular weight is 311 g/mol. The summed E-state index contributed by atoms with van der Waals surface area (Å²) in [4.78, 5) is 16.0. The van der Waals surface area contributed by atoms with Crippen LogP contribution in [0.2, 0.25) is 0 Å². The number of carbonyl (C=O) groups excluding carboxylic acids is 1. The molecule has 1 aliphatic rings. The third kappa shape index (κ3) is 2.69. The Morgan fingerprint density at radius 2 is 2.11 bits per heavy atom. The minimum atomic E-state index is 0.103. The van der Waals surface area contributed by atoms with Gasteiger partial charge in [0, 0.05) is 30.7 Å². The highest BCUT2D eigenvalue weighted by molar-refractivity contribution is 9.08. The van der Waals surface area contributed by atoms with Gasteiger partial charge in [0.2, 0.25) is 0 Å². The van der Waals surface area contributed by atoms with E-state index in [2.05, 4.69) is 22.9 Å². The number of anilines is 1. The molecule has 0 aromatic heterocycles. The van der Waals surface area contributed by atoms with E-state index >= 15 is 0 Å². The highest BCUT2D eigenvalue weighted by Crippen LogP contribution is 2.22. The fourth-order valence-electron chi connectivity index (χ4n) is 2.33. The van der Waals surface area contributed by atoms with Crippen LogP contribution in [-0.4, -0.2) is 30.6 Å². The molecule has 0 radical (unpaired) electrons. The maximum absolute atomic E-state index is 12.4. The summed E-state index contributed by atoms with van der Waals surface area (Å²) in [7, 11) is 1.84. The molecule has 2 rings (SSSR count). The zero-order chi connectivity index (χ0) is 13.1. The minimum Gasteiger partial charge on any atom is -0.322 e. The maximum Gasteiger partial charge on any atom is 0.324 e. The molecule has 18 heavy (non-hydrogen) atoms. The Kier molecular flexibility index (Phi) is 4.27. The summed E-state index contributed by atoms with van der Waals surface area (Å²) in [6, 6.07) is 8.54. The van der Waals surface area contributed by atoms with Crippen molar-refractivity contribution in [2.45, 2.75) is 31.1 Å². The summed E-state index contributed by atoms with van der Waals surface area (Å²) in [5.41, 5.74) is 2.16. The molecule has 4 heteroatoms. The van der Waals surface area contributed by atoms with E-state index < -0.39 is 0 Å². The fraction of sp³-hybridized carbons (Fsp3) is 0.500. The van der Waals surface area contributed by atoms with Crippen molar-refractivity contribution in [3.05, 3.63) is 29.8 Å². The van der Waals surface area contributed by atoms with E-state index in [1.165, 1.54) is 5.56 Å². The largest absolute Gasteiger partial charge is 0.324 e. The lowest BCUT2D eigenvalue weighted by molar-refractivity contribution is 0.204. The number of hydrogen-bond acceptors (Lipinski definition) is 1. The van der Waals surface area contributed by atoms with Gasteiger partial charge >= 0.3 is 6.03 Å². The van der Waals surface area contributed by atoms with Gasteiger partial charge in [0.1, 0.15) is 0 Å². The Labute approximate surface area is 117 Å². The predicted molar refractivity (Wildman–Crippen MR) is 78.3 cm³/mol. The van der Waals surface area contributed by atoms with Crippen molar-refractivity contribution in [1.82, 2.24) is 4.90 Å². The zero-order valence-corrected chi connectivity index (χ0v) is 12.5. The van der Waals surface area contributed by atoms with Gasteiger partial charge in [0.05, 0.1) is 0 Å². The molecular weight excluding hydrogens is 292 g/mol. The molecule has 2 amide bonds. The Morgan fingerprint density at radius 1 is 1.44 bits per heavy atom.